The van der Waals surface area contributed by atoms with Crippen molar-refractivity contribution in [1.29, 1.82) is 0 Å². The van der Waals surface area contributed by atoms with E-state index in [-0.39, 0.29) is 35.6 Å². The lowest BCUT2D eigenvalue weighted by Crippen LogP contribution is -2.70. The number of amides is 4. The predicted octanol–water partition coefficient (Wildman–Crippen LogP) is 2.27. The summed E-state index contributed by atoms with van der Waals surface area (Å²) >= 11 is 0. The number of rotatable bonds is 7. The van der Waals surface area contributed by atoms with Crippen molar-refractivity contribution >= 4 is 23.6 Å². The third-order valence-electron chi connectivity index (χ3n) is 8.72. The number of nitrogens with one attached hydrogen (secondary N) is 3. The van der Waals surface area contributed by atoms with Crippen LogP contribution in [0.3, 0.4) is 0 Å². The number of likely N-dealkylation sites (N-methyl/N-ethyl adjacent to an activating group) is 1. The molecule has 0 bridgehead atoms. The van der Waals surface area contributed by atoms with Crippen molar-refractivity contribution in [3.8, 4) is 5.75 Å². The molecular formula is C30H44FN5O5. The number of hydrogen-bond donors (Lipinski definition) is 3. The number of fused-ring (bicyclic) bond motifs is 2. The molecule has 0 spiro atoms. The number of halogens is 1. The molecule has 0 saturated carbocycles. The summed E-state index contributed by atoms with van der Waals surface area (Å²) in [6.07, 6.45) is 2.39. The first-order valence-electron chi connectivity index (χ1n) is 14.7. The van der Waals surface area contributed by atoms with Gasteiger partial charge in [-0.25, -0.2) is 4.39 Å². The van der Waals surface area contributed by atoms with Gasteiger partial charge in [-0.15, -0.1) is 0 Å². The van der Waals surface area contributed by atoms with E-state index in [4.69, 9.17) is 4.74 Å². The van der Waals surface area contributed by atoms with Gasteiger partial charge < -0.3 is 30.5 Å². The Morgan fingerprint density at radius 2 is 1.83 bits per heavy atom. The van der Waals surface area contributed by atoms with Crippen LogP contribution in [0.25, 0.3) is 0 Å². The Morgan fingerprint density at radius 1 is 1.10 bits per heavy atom. The second-order valence-corrected chi connectivity index (χ2v) is 12.4. The van der Waals surface area contributed by atoms with Crippen LogP contribution in [-0.4, -0.2) is 83.3 Å². The maximum absolute atomic E-state index is 14.4. The highest BCUT2D eigenvalue weighted by Crippen LogP contribution is 2.36. The Balaban J connectivity index is 1.63. The molecule has 0 aliphatic carbocycles. The van der Waals surface area contributed by atoms with Gasteiger partial charge in [0.1, 0.15) is 23.7 Å². The molecule has 2 saturated heterocycles. The van der Waals surface area contributed by atoms with Crippen LogP contribution in [0, 0.1) is 11.7 Å². The number of nitrogens with zero attached hydrogens (tertiary/aromatic N) is 2. The van der Waals surface area contributed by atoms with Gasteiger partial charge >= 0.3 is 0 Å². The van der Waals surface area contributed by atoms with Gasteiger partial charge in [-0.1, -0.05) is 13.8 Å². The molecule has 10 nitrogen and oxygen atoms in total. The smallest absolute Gasteiger partial charge is 0.248 e. The van der Waals surface area contributed by atoms with Crippen LogP contribution in [0.15, 0.2) is 18.2 Å². The third kappa shape index (κ3) is 6.34. The quantitative estimate of drug-likeness (QED) is 0.461. The summed E-state index contributed by atoms with van der Waals surface area (Å²) in [5.41, 5.74) is -0.470. The maximum atomic E-state index is 14.4. The molecule has 4 rings (SSSR count). The zero-order valence-electron chi connectivity index (χ0n) is 25.0. The van der Waals surface area contributed by atoms with Crippen molar-refractivity contribution in [1.82, 2.24) is 25.8 Å². The van der Waals surface area contributed by atoms with Gasteiger partial charge in [-0.2, -0.15) is 0 Å². The minimum Gasteiger partial charge on any atom is -0.493 e. The Labute approximate surface area is 241 Å². The number of hydrogen-bond acceptors (Lipinski definition) is 6. The zero-order chi connectivity index (χ0) is 30.1. The van der Waals surface area contributed by atoms with Crippen LogP contribution in [0.4, 0.5) is 4.39 Å². The number of ether oxygens (including phenoxy) is 1. The van der Waals surface area contributed by atoms with Crippen molar-refractivity contribution in [3.05, 3.63) is 29.6 Å². The topological polar surface area (TPSA) is 120 Å². The summed E-state index contributed by atoms with van der Waals surface area (Å²) in [6.45, 7) is 10.0. The molecule has 2 fully saturated rings. The number of carbonyl (C=O) groups is 4. The van der Waals surface area contributed by atoms with Crippen molar-refractivity contribution in [2.75, 3.05) is 20.2 Å². The molecule has 0 aromatic heterocycles. The second-order valence-electron chi connectivity index (χ2n) is 12.4. The molecule has 3 aliphatic heterocycles. The van der Waals surface area contributed by atoms with Gasteiger partial charge in [0.15, 0.2) is 0 Å². The maximum Gasteiger partial charge on any atom is 0.248 e. The van der Waals surface area contributed by atoms with Gasteiger partial charge in [0.2, 0.25) is 23.6 Å². The molecule has 41 heavy (non-hydrogen) atoms. The first-order chi connectivity index (χ1) is 19.3. The summed E-state index contributed by atoms with van der Waals surface area (Å²) in [5, 5.41) is 8.85. The molecule has 3 heterocycles. The van der Waals surface area contributed by atoms with Crippen molar-refractivity contribution in [2.24, 2.45) is 5.92 Å². The van der Waals surface area contributed by atoms with E-state index in [0.717, 1.165) is 0 Å². The number of benzene rings is 1. The normalized spacial score (nSPS) is 26.3. The fraction of sp³-hybridized carbons (Fsp3) is 0.667. The lowest BCUT2D eigenvalue weighted by atomic mass is 9.87. The monoisotopic (exact) mass is 573 g/mol. The van der Waals surface area contributed by atoms with Crippen LogP contribution in [0.2, 0.25) is 0 Å². The highest BCUT2D eigenvalue weighted by atomic mass is 19.1. The van der Waals surface area contributed by atoms with E-state index in [2.05, 4.69) is 16.0 Å². The average Bonchev–Trinajstić information content (AvgIpc) is 3.33. The van der Waals surface area contributed by atoms with E-state index in [1.807, 2.05) is 13.8 Å². The first-order valence-corrected chi connectivity index (χ1v) is 14.7. The second kappa shape index (κ2) is 12.3. The summed E-state index contributed by atoms with van der Waals surface area (Å²) in [6, 6.07) is 1.18. The molecule has 3 N–H and O–H groups in total. The predicted molar refractivity (Wildman–Crippen MR) is 151 cm³/mol. The fourth-order valence-electron chi connectivity index (χ4n) is 6.26. The Kier molecular flexibility index (Phi) is 9.25. The van der Waals surface area contributed by atoms with Crippen molar-refractivity contribution in [2.45, 2.75) is 102 Å². The molecule has 4 amide bonds. The van der Waals surface area contributed by atoms with Gasteiger partial charge in [0.25, 0.3) is 0 Å². The Morgan fingerprint density at radius 3 is 2.51 bits per heavy atom. The molecule has 11 heteroatoms. The number of carbonyl (C=O) groups excluding carboxylic acids is 4. The minimum absolute atomic E-state index is 0.0649. The average molecular weight is 574 g/mol. The van der Waals surface area contributed by atoms with E-state index in [9.17, 15) is 23.6 Å². The summed E-state index contributed by atoms with van der Waals surface area (Å²) < 4.78 is 19.7. The first kappa shape index (κ1) is 30.7. The third-order valence-corrected chi connectivity index (χ3v) is 8.72. The Bertz CT molecular complexity index is 1170. The molecule has 1 aromatic carbocycles. The van der Waals surface area contributed by atoms with Gasteiger partial charge in [-0.3, -0.25) is 19.2 Å². The van der Waals surface area contributed by atoms with Gasteiger partial charge in [0.05, 0.1) is 24.2 Å². The van der Waals surface area contributed by atoms with Gasteiger partial charge in [-0.05, 0) is 71.2 Å². The minimum atomic E-state index is -1.06. The largest absolute Gasteiger partial charge is 0.493 e. The zero-order valence-corrected chi connectivity index (χ0v) is 25.0. The standard InChI is InChI=1S/C30H44FN5O5/c1-17(2)15-25(37)35-13-11-20-8-9-23(28(39)33-22-12-14-41-24-10-7-19(31)16-21(22)24)36(20)29(40)26(30(35,4)5)34-27(38)18(3)32-6/h7,10,16-18,20,22-23,26,32H,8-9,11-15H2,1-6H3,(H,33,39)(H,34,38)/t18-,20+,22?,23-,26+/m0/s1. The summed E-state index contributed by atoms with van der Waals surface area (Å²) in [4.78, 5) is 58.0. The Hall–Kier alpha value is -3.21. The molecule has 3 aliphatic rings. The molecule has 1 aromatic rings. The fourth-order valence-corrected chi connectivity index (χ4v) is 6.26. The lowest BCUT2D eigenvalue weighted by Gasteiger charge is -2.49. The van der Waals surface area contributed by atoms with Crippen LogP contribution in [0.1, 0.15) is 78.3 Å². The van der Waals surface area contributed by atoms with Crippen LogP contribution < -0.4 is 20.7 Å². The SMILES string of the molecule is CN[C@@H](C)C(=O)N[C@@H]1C(=O)N2[C@H](CC[C@H]2C(=O)NC2CCOc3ccc(F)cc32)CCN(C(=O)CC(C)C)C1(C)C. The lowest BCUT2D eigenvalue weighted by molar-refractivity contribution is -0.154. The molecule has 5 atom stereocenters. The van der Waals surface area contributed by atoms with E-state index in [1.54, 1.807) is 43.7 Å². The van der Waals surface area contributed by atoms with E-state index >= 15 is 0 Å². The van der Waals surface area contributed by atoms with Crippen LogP contribution in [-0.2, 0) is 19.2 Å². The van der Waals surface area contributed by atoms with E-state index < -0.39 is 35.5 Å². The molecule has 226 valence electrons. The highest BCUT2D eigenvalue weighted by Gasteiger charge is 2.52. The van der Waals surface area contributed by atoms with Crippen molar-refractivity contribution < 1.29 is 28.3 Å². The summed E-state index contributed by atoms with van der Waals surface area (Å²) in [7, 11) is 1.66. The van der Waals surface area contributed by atoms with E-state index in [0.29, 0.717) is 56.6 Å². The van der Waals surface area contributed by atoms with E-state index in [1.165, 1.54) is 12.1 Å². The molecule has 0 radical (unpaired) electrons. The van der Waals surface area contributed by atoms with Crippen molar-refractivity contribution in [3.63, 3.8) is 0 Å². The highest BCUT2D eigenvalue weighted by molar-refractivity contribution is 5.95. The molecule has 1 unspecified atom stereocenters. The van der Waals surface area contributed by atoms with Crippen LogP contribution in [0.5, 0.6) is 5.75 Å². The van der Waals surface area contributed by atoms with Crippen LogP contribution >= 0.6 is 0 Å². The molecular weight excluding hydrogens is 529 g/mol. The van der Waals surface area contributed by atoms with Gasteiger partial charge in [0, 0.05) is 31.0 Å². The summed E-state index contributed by atoms with van der Waals surface area (Å²) in [5.74, 6) is -0.877.